The highest BCUT2D eigenvalue weighted by atomic mass is 15.2. The van der Waals surface area contributed by atoms with Crippen molar-refractivity contribution in [2.45, 2.75) is 6.04 Å². The van der Waals surface area contributed by atoms with Crippen molar-refractivity contribution in [3.63, 3.8) is 0 Å². The molecule has 1 aliphatic heterocycles. The highest BCUT2D eigenvalue weighted by Gasteiger charge is 2.41. The summed E-state index contributed by atoms with van der Waals surface area (Å²) in [4.78, 5) is 7.79. The number of para-hydroxylation sites is 5. The van der Waals surface area contributed by atoms with Gasteiger partial charge in [-0.2, -0.15) is 4.58 Å². The molecule has 0 bridgehead atoms. The van der Waals surface area contributed by atoms with Crippen LogP contribution < -0.4 is 9.48 Å². The van der Waals surface area contributed by atoms with Crippen LogP contribution >= 0.6 is 0 Å². The van der Waals surface area contributed by atoms with Crippen LogP contribution in [0.25, 0.3) is 99.6 Å². The van der Waals surface area contributed by atoms with Crippen molar-refractivity contribution in [2.24, 2.45) is 0 Å². The molecule has 326 valence electrons. The van der Waals surface area contributed by atoms with E-state index in [1.54, 1.807) is 0 Å². The maximum absolute atomic E-state index is 5.29. The Morgan fingerprint density at radius 3 is 1.66 bits per heavy atom. The molecule has 2 aliphatic carbocycles. The monoisotopic (exact) mass is 892 g/mol. The Labute approximate surface area is 404 Å². The molecule has 0 fully saturated rings. The molecule has 4 heterocycles. The van der Waals surface area contributed by atoms with E-state index in [9.17, 15) is 0 Å². The van der Waals surface area contributed by atoms with E-state index < -0.39 is 0 Å². The van der Waals surface area contributed by atoms with Crippen molar-refractivity contribution in [2.75, 3.05) is 4.90 Å². The normalized spacial score (nSPS) is 14.5. The van der Waals surface area contributed by atoms with E-state index in [4.69, 9.17) is 4.98 Å². The molecule has 1 unspecified atom stereocenters. The molecule has 0 saturated heterocycles. The first-order chi connectivity index (χ1) is 34.8. The molecule has 0 saturated carbocycles. The van der Waals surface area contributed by atoms with Gasteiger partial charge < -0.3 is 14.0 Å². The van der Waals surface area contributed by atoms with Crippen LogP contribution in [-0.2, 0) is 0 Å². The Bertz CT molecular complexity index is 4190. The second kappa shape index (κ2) is 15.1. The maximum Gasteiger partial charge on any atom is 0.236 e. The van der Waals surface area contributed by atoms with E-state index in [0.717, 1.165) is 67.6 Å². The molecule has 3 aromatic heterocycles. The molecule has 5 heteroatoms. The number of allylic oxidation sites excluding steroid dienone is 2. The van der Waals surface area contributed by atoms with Gasteiger partial charge in [-0.15, -0.1) is 0 Å². The van der Waals surface area contributed by atoms with Gasteiger partial charge in [0.15, 0.2) is 0 Å². The van der Waals surface area contributed by atoms with Gasteiger partial charge >= 0.3 is 0 Å². The summed E-state index contributed by atoms with van der Waals surface area (Å²) in [7, 11) is 0. The number of nitrogens with zero attached hydrogens (tertiary/aromatic N) is 5. The lowest BCUT2D eigenvalue weighted by Gasteiger charge is -2.36. The van der Waals surface area contributed by atoms with Crippen LogP contribution in [0.1, 0.15) is 0 Å². The molecule has 5 nitrogen and oxygen atoms in total. The number of anilines is 2. The van der Waals surface area contributed by atoms with Gasteiger partial charge in [0.1, 0.15) is 11.7 Å². The minimum absolute atomic E-state index is 0.0255. The average molecular weight is 893 g/mol. The van der Waals surface area contributed by atoms with Gasteiger partial charge in [-0.05, 0) is 101 Å². The van der Waals surface area contributed by atoms with Gasteiger partial charge in [-0.25, -0.2) is 0 Å². The number of pyridine rings is 1. The van der Waals surface area contributed by atoms with Crippen LogP contribution in [0, 0.1) is 0 Å². The van der Waals surface area contributed by atoms with E-state index in [-0.39, 0.29) is 6.04 Å². The number of fused-ring (bicyclic) bond motifs is 16. The quantitative estimate of drug-likeness (QED) is 0.165. The van der Waals surface area contributed by atoms with Crippen molar-refractivity contribution in [1.82, 2.24) is 18.7 Å². The Hall–Kier alpha value is -9.32. The van der Waals surface area contributed by atoms with E-state index in [1.165, 1.54) is 60.5 Å². The molecule has 9 aromatic carbocycles. The third-order valence-electron chi connectivity index (χ3n) is 14.8. The number of hydrogen-bond acceptors (Lipinski definition) is 2. The number of hydrogen-bond donors (Lipinski definition) is 0. The zero-order valence-corrected chi connectivity index (χ0v) is 38.0. The predicted octanol–water partition coefficient (Wildman–Crippen LogP) is 16.2. The minimum Gasteiger partial charge on any atom is -0.319 e. The van der Waals surface area contributed by atoms with Gasteiger partial charge in [0.05, 0.1) is 27.8 Å². The van der Waals surface area contributed by atoms with Crippen LogP contribution in [0.15, 0.2) is 249 Å². The zero-order chi connectivity index (χ0) is 45.9. The number of benzene rings is 9. The number of aromatic nitrogens is 3. The lowest BCUT2D eigenvalue weighted by atomic mass is 9.81. The fourth-order valence-corrected chi connectivity index (χ4v) is 11.9. The summed E-state index contributed by atoms with van der Waals surface area (Å²) >= 11 is 0. The van der Waals surface area contributed by atoms with Crippen molar-refractivity contribution < 1.29 is 0 Å². The first-order valence-corrected chi connectivity index (χ1v) is 24.1. The summed E-state index contributed by atoms with van der Waals surface area (Å²) in [5, 5.41) is 4.95. The lowest BCUT2D eigenvalue weighted by Crippen LogP contribution is -2.44. The van der Waals surface area contributed by atoms with Crippen molar-refractivity contribution >= 4 is 72.1 Å². The highest BCUT2D eigenvalue weighted by Crippen LogP contribution is 2.53. The second-order valence-electron chi connectivity index (χ2n) is 18.5. The predicted molar refractivity (Wildman–Crippen MR) is 292 cm³/mol. The molecule has 1 atom stereocenters. The molecule has 0 radical (unpaired) electrons. The van der Waals surface area contributed by atoms with Crippen LogP contribution in [-0.4, -0.2) is 25.9 Å². The summed E-state index contributed by atoms with van der Waals surface area (Å²) in [5.74, 6) is 0. The Kier molecular flexibility index (Phi) is 8.36. The summed E-state index contributed by atoms with van der Waals surface area (Å²) in [6.45, 7) is 0. The Morgan fingerprint density at radius 2 is 0.943 bits per heavy atom. The zero-order valence-electron chi connectivity index (χ0n) is 38.0. The summed E-state index contributed by atoms with van der Waals surface area (Å²) in [6.07, 6.45) is 10.9. The van der Waals surface area contributed by atoms with E-state index in [1.807, 2.05) is 6.20 Å². The maximum atomic E-state index is 5.29. The topological polar surface area (TPSA) is 29.0 Å². The highest BCUT2D eigenvalue weighted by molar-refractivity contribution is 6.15. The Morgan fingerprint density at radius 1 is 0.386 bits per heavy atom. The third kappa shape index (κ3) is 5.60. The molecule has 3 aliphatic rings. The second-order valence-corrected chi connectivity index (χ2v) is 18.5. The van der Waals surface area contributed by atoms with E-state index >= 15 is 0 Å². The van der Waals surface area contributed by atoms with Gasteiger partial charge in [-0.1, -0.05) is 146 Å². The molecule has 15 rings (SSSR count). The SMILES string of the molecule is C1=CC2=[N+](c3ccccc3)c3cc4c(cc3N(c3ccccc3)C2C=C1)-c1ncccc1-c1ccc(-n2c3ccccc3c3cc(-n5c6ccccc6c6ccccc65)ccc32)cc1-c1ccccc1-4. The summed E-state index contributed by atoms with van der Waals surface area (Å²) in [5.41, 5.74) is 21.7. The first kappa shape index (κ1) is 38.8. The van der Waals surface area contributed by atoms with Gasteiger partial charge in [0, 0.05) is 80.2 Å². The molecule has 0 spiro atoms. The molecular weight excluding hydrogens is 851 g/mol. The van der Waals surface area contributed by atoms with Gasteiger partial charge in [0.25, 0.3) is 0 Å². The lowest BCUT2D eigenvalue weighted by molar-refractivity contribution is 0.897. The molecule has 12 aromatic rings. The molecule has 0 amide bonds. The van der Waals surface area contributed by atoms with Crippen LogP contribution in [0.5, 0.6) is 0 Å². The molecular formula is C65H42N5+. The Balaban J connectivity index is 0.966. The summed E-state index contributed by atoms with van der Waals surface area (Å²) < 4.78 is 7.32. The van der Waals surface area contributed by atoms with Crippen molar-refractivity contribution in [3.05, 3.63) is 249 Å². The minimum atomic E-state index is -0.0255. The summed E-state index contributed by atoms with van der Waals surface area (Å²) in [6, 6.07) is 80.1. The standard InChI is InChI=1S/C65H42N5/c1-3-18-42(19-4-1)67-61-31-15-16-32-62(61)68(43-20-5-2-6-21-43)64-41-56-54(40-63(64)67)47-23-8-7-22-46(47)53-38-44(33-35-48(53)52-27-17-37-66-65(52)56)70-59-30-14-11-26-51(59)55-39-45(34-36-60(55)70)69-57-28-12-9-24-49(57)50-25-10-13-29-58(50)69/h1-41,62H/q+1. The van der Waals surface area contributed by atoms with Crippen molar-refractivity contribution in [3.8, 4) is 56.0 Å². The van der Waals surface area contributed by atoms with Crippen molar-refractivity contribution in [1.29, 1.82) is 0 Å². The first-order valence-electron chi connectivity index (χ1n) is 24.1. The molecule has 70 heavy (non-hydrogen) atoms. The fraction of sp³-hybridized carbons (Fsp3) is 0.0154. The van der Waals surface area contributed by atoms with Gasteiger partial charge in [-0.3, -0.25) is 4.98 Å². The van der Waals surface area contributed by atoms with Crippen LogP contribution in [0.3, 0.4) is 0 Å². The largest absolute Gasteiger partial charge is 0.319 e. The smallest absolute Gasteiger partial charge is 0.236 e. The van der Waals surface area contributed by atoms with E-state index in [2.05, 4.69) is 261 Å². The number of rotatable bonds is 4. The van der Waals surface area contributed by atoms with Crippen LogP contribution in [0.4, 0.5) is 22.7 Å². The van der Waals surface area contributed by atoms with E-state index in [0.29, 0.717) is 0 Å². The molecule has 0 N–H and O–H groups in total. The van der Waals surface area contributed by atoms with Crippen LogP contribution in [0.2, 0.25) is 0 Å². The third-order valence-corrected chi connectivity index (χ3v) is 14.8. The van der Waals surface area contributed by atoms with Gasteiger partial charge in [0.2, 0.25) is 17.1 Å². The average Bonchev–Trinajstić information content (AvgIpc) is 3.94. The fourth-order valence-electron chi connectivity index (χ4n) is 11.9.